The van der Waals surface area contributed by atoms with Crippen LogP contribution in [0.15, 0.2) is 11.6 Å². The summed E-state index contributed by atoms with van der Waals surface area (Å²) in [6.45, 7) is 2.15. The summed E-state index contributed by atoms with van der Waals surface area (Å²) in [5.41, 5.74) is 2.13. The standard InChI is InChI=1S/C12H22O3Si/c1-5-9-6-11-7-10(9)8-12(11)16(13-2,14-3)15-4/h5,10-12H,6-8H2,1-4H3. The smallest absolute Gasteiger partial charge is 0.377 e. The molecule has 2 aliphatic rings. The second kappa shape index (κ2) is 4.60. The molecule has 4 heteroatoms. The van der Waals surface area contributed by atoms with Gasteiger partial charge in [0.25, 0.3) is 0 Å². The van der Waals surface area contributed by atoms with Crippen LogP contribution in [0.2, 0.25) is 5.54 Å². The number of fused-ring (bicyclic) bond motifs is 2. The first-order chi connectivity index (χ1) is 7.70. The molecule has 0 radical (unpaired) electrons. The van der Waals surface area contributed by atoms with E-state index >= 15 is 0 Å². The Morgan fingerprint density at radius 2 is 1.75 bits per heavy atom. The molecule has 3 atom stereocenters. The number of allylic oxidation sites excluding steroid dienone is 2. The third-order valence-electron chi connectivity index (χ3n) is 4.40. The molecule has 0 aromatic rings. The minimum absolute atomic E-state index is 0.501. The summed E-state index contributed by atoms with van der Waals surface area (Å²) in [5.74, 6) is 1.47. The zero-order chi connectivity index (χ0) is 11.8. The van der Waals surface area contributed by atoms with Crippen molar-refractivity contribution in [3.63, 3.8) is 0 Å². The first-order valence-corrected chi connectivity index (χ1v) is 7.81. The maximum absolute atomic E-state index is 5.62. The van der Waals surface area contributed by atoms with E-state index in [1.165, 1.54) is 19.3 Å². The fourth-order valence-corrected chi connectivity index (χ4v) is 6.43. The minimum atomic E-state index is -2.41. The number of hydrogen-bond acceptors (Lipinski definition) is 3. The normalized spacial score (nSPS) is 36.2. The number of hydrogen-bond donors (Lipinski definition) is 0. The molecular formula is C12H22O3Si. The van der Waals surface area contributed by atoms with Crippen molar-refractivity contribution in [1.82, 2.24) is 0 Å². The molecule has 0 saturated heterocycles. The molecule has 2 fully saturated rings. The predicted octanol–water partition coefficient (Wildman–Crippen LogP) is 2.61. The van der Waals surface area contributed by atoms with E-state index in [1.54, 1.807) is 26.9 Å². The maximum Gasteiger partial charge on any atom is 0.503 e. The van der Waals surface area contributed by atoms with Crippen molar-refractivity contribution in [3.05, 3.63) is 11.6 Å². The van der Waals surface area contributed by atoms with Gasteiger partial charge in [-0.05, 0) is 38.0 Å². The molecule has 2 saturated carbocycles. The molecule has 2 aliphatic carbocycles. The fourth-order valence-electron chi connectivity index (χ4n) is 3.61. The molecule has 0 aromatic heterocycles. The van der Waals surface area contributed by atoms with Gasteiger partial charge in [0.2, 0.25) is 0 Å². The lowest BCUT2D eigenvalue weighted by atomic mass is 9.94. The van der Waals surface area contributed by atoms with Crippen LogP contribution in [0.25, 0.3) is 0 Å². The van der Waals surface area contributed by atoms with Crippen LogP contribution in [0, 0.1) is 11.8 Å². The molecule has 3 unspecified atom stereocenters. The van der Waals surface area contributed by atoms with Crippen LogP contribution in [-0.4, -0.2) is 30.1 Å². The van der Waals surface area contributed by atoms with Crippen molar-refractivity contribution in [2.45, 2.75) is 31.7 Å². The van der Waals surface area contributed by atoms with Gasteiger partial charge in [-0.15, -0.1) is 0 Å². The van der Waals surface area contributed by atoms with E-state index in [0.717, 1.165) is 5.92 Å². The summed E-state index contributed by atoms with van der Waals surface area (Å²) in [6.07, 6.45) is 5.99. The summed E-state index contributed by atoms with van der Waals surface area (Å²) in [6, 6.07) is 0. The van der Waals surface area contributed by atoms with Crippen molar-refractivity contribution in [3.8, 4) is 0 Å². The summed E-state index contributed by atoms with van der Waals surface area (Å²) in [4.78, 5) is 0. The summed E-state index contributed by atoms with van der Waals surface area (Å²) < 4.78 is 16.9. The SMILES string of the molecule is CC=C1CC2CC1CC2[Si](OC)(OC)OC. The number of rotatable bonds is 4. The molecule has 92 valence electrons. The van der Waals surface area contributed by atoms with Crippen LogP contribution < -0.4 is 0 Å². The predicted molar refractivity (Wildman–Crippen MR) is 65.1 cm³/mol. The van der Waals surface area contributed by atoms with Crippen LogP contribution in [-0.2, 0) is 13.3 Å². The Morgan fingerprint density at radius 3 is 2.12 bits per heavy atom. The Bertz CT molecular complexity index is 278. The second-order valence-electron chi connectivity index (χ2n) is 4.82. The average Bonchev–Trinajstić information content (AvgIpc) is 2.91. The summed E-state index contributed by atoms with van der Waals surface area (Å²) in [7, 11) is 2.76. The van der Waals surface area contributed by atoms with Gasteiger partial charge in [-0.3, -0.25) is 0 Å². The highest BCUT2D eigenvalue weighted by molar-refractivity contribution is 6.62. The Hall–Kier alpha value is -0.163. The molecule has 2 bridgehead atoms. The quantitative estimate of drug-likeness (QED) is 0.560. The highest BCUT2D eigenvalue weighted by Gasteiger charge is 2.57. The van der Waals surface area contributed by atoms with E-state index in [9.17, 15) is 0 Å². The van der Waals surface area contributed by atoms with Crippen molar-refractivity contribution in [1.29, 1.82) is 0 Å². The van der Waals surface area contributed by atoms with Gasteiger partial charge in [0.1, 0.15) is 0 Å². The van der Waals surface area contributed by atoms with Crippen LogP contribution in [0.1, 0.15) is 26.2 Å². The molecule has 0 aromatic carbocycles. The summed E-state index contributed by atoms with van der Waals surface area (Å²) >= 11 is 0. The van der Waals surface area contributed by atoms with E-state index in [4.69, 9.17) is 13.3 Å². The van der Waals surface area contributed by atoms with Gasteiger partial charge in [0, 0.05) is 26.9 Å². The molecule has 0 amide bonds. The Morgan fingerprint density at radius 1 is 1.12 bits per heavy atom. The van der Waals surface area contributed by atoms with E-state index in [2.05, 4.69) is 13.0 Å². The van der Waals surface area contributed by atoms with Gasteiger partial charge in [0.05, 0.1) is 0 Å². The van der Waals surface area contributed by atoms with Crippen molar-refractivity contribution in [2.24, 2.45) is 11.8 Å². The molecule has 2 rings (SSSR count). The molecule has 0 heterocycles. The average molecular weight is 242 g/mol. The van der Waals surface area contributed by atoms with Crippen LogP contribution in [0.5, 0.6) is 0 Å². The summed E-state index contributed by atoms with van der Waals surface area (Å²) in [5, 5.41) is 0. The van der Waals surface area contributed by atoms with Gasteiger partial charge >= 0.3 is 8.80 Å². The topological polar surface area (TPSA) is 27.7 Å². The Labute approximate surface area is 99.1 Å². The van der Waals surface area contributed by atoms with E-state index < -0.39 is 8.80 Å². The minimum Gasteiger partial charge on any atom is -0.377 e. The fraction of sp³-hybridized carbons (Fsp3) is 0.833. The van der Waals surface area contributed by atoms with Crippen molar-refractivity contribution in [2.75, 3.05) is 21.3 Å². The molecular weight excluding hydrogens is 220 g/mol. The molecule has 16 heavy (non-hydrogen) atoms. The molecule has 0 spiro atoms. The second-order valence-corrected chi connectivity index (χ2v) is 7.99. The Balaban J connectivity index is 2.15. The van der Waals surface area contributed by atoms with E-state index in [0.29, 0.717) is 11.5 Å². The van der Waals surface area contributed by atoms with Gasteiger partial charge in [-0.1, -0.05) is 11.6 Å². The van der Waals surface area contributed by atoms with Crippen molar-refractivity contribution >= 4 is 8.80 Å². The lowest BCUT2D eigenvalue weighted by Crippen LogP contribution is -2.49. The highest BCUT2D eigenvalue weighted by Crippen LogP contribution is 2.57. The largest absolute Gasteiger partial charge is 0.503 e. The van der Waals surface area contributed by atoms with Gasteiger partial charge in [-0.2, -0.15) is 0 Å². The van der Waals surface area contributed by atoms with Crippen LogP contribution >= 0.6 is 0 Å². The third-order valence-corrected chi connectivity index (χ3v) is 7.72. The zero-order valence-corrected chi connectivity index (χ0v) is 11.7. The highest BCUT2D eigenvalue weighted by atomic mass is 28.4. The molecule has 3 nitrogen and oxygen atoms in total. The van der Waals surface area contributed by atoms with Crippen molar-refractivity contribution < 1.29 is 13.3 Å². The zero-order valence-electron chi connectivity index (χ0n) is 10.7. The van der Waals surface area contributed by atoms with E-state index in [1.807, 2.05) is 0 Å². The first-order valence-electron chi connectivity index (χ1n) is 6.01. The van der Waals surface area contributed by atoms with Gasteiger partial charge in [-0.25, -0.2) is 0 Å². The lowest BCUT2D eigenvalue weighted by Gasteiger charge is -2.35. The monoisotopic (exact) mass is 242 g/mol. The maximum atomic E-state index is 5.62. The van der Waals surface area contributed by atoms with Crippen LogP contribution in [0.4, 0.5) is 0 Å². The van der Waals surface area contributed by atoms with Crippen LogP contribution in [0.3, 0.4) is 0 Å². The van der Waals surface area contributed by atoms with Gasteiger partial charge < -0.3 is 13.3 Å². The van der Waals surface area contributed by atoms with Gasteiger partial charge in [0.15, 0.2) is 0 Å². The first kappa shape index (κ1) is 12.3. The lowest BCUT2D eigenvalue weighted by molar-refractivity contribution is 0.103. The Kier molecular flexibility index (Phi) is 3.54. The third kappa shape index (κ3) is 1.68. The van der Waals surface area contributed by atoms with E-state index in [-0.39, 0.29) is 0 Å². The molecule has 0 N–H and O–H groups in total. The molecule has 0 aliphatic heterocycles.